The Morgan fingerprint density at radius 1 is 1.40 bits per heavy atom. The lowest BCUT2D eigenvalue weighted by atomic mass is 9.72. The Morgan fingerprint density at radius 2 is 2.16 bits per heavy atom. The highest BCUT2D eigenvalue weighted by molar-refractivity contribution is 9.10. The number of aliphatic hydroxyl groups is 2. The topological polar surface area (TPSA) is 66.2 Å². The van der Waals surface area contributed by atoms with Crippen LogP contribution in [-0.4, -0.2) is 26.4 Å². The largest absolute Gasteiger partial charge is 0.391 e. The van der Waals surface area contributed by atoms with Crippen LogP contribution in [-0.2, 0) is 18.6 Å². The highest BCUT2D eigenvalue weighted by Gasteiger charge is 2.38. The maximum atomic E-state index is 11.5. The first-order valence-electron chi connectivity index (χ1n) is 8.10. The standard InChI is InChI=1S/C18H20BrClN2O2S/c1-10-5-6-18(24,14-7-11(19)3-4-12(10)14)8-15-13(9-23)16(20)22-17(21-15)25-2/h3-4,7,10,23-24H,5-6,8-9H2,1-2H3/t10-,18?/m0/s1. The van der Waals surface area contributed by atoms with Crippen LogP contribution in [0.5, 0.6) is 0 Å². The molecule has 2 N–H and O–H groups in total. The van der Waals surface area contributed by atoms with Crippen LogP contribution in [0.25, 0.3) is 0 Å². The average molecular weight is 444 g/mol. The molecule has 0 amide bonds. The molecule has 0 saturated heterocycles. The van der Waals surface area contributed by atoms with Crippen LogP contribution in [0.1, 0.15) is 48.1 Å². The Morgan fingerprint density at radius 3 is 2.84 bits per heavy atom. The first-order valence-corrected chi connectivity index (χ1v) is 10.5. The van der Waals surface area contributed by atoms with Crippen molar-refractivity contribution in [2.45, 2.75) is 49.5 Å². The Balaban J connectivity index is 2.08. The molecule has 3 rings (SSSR count). The predicted molar refractivity (Wildman–Crippen MR) is 104 cm³/mol. The summed E-state index contributed by atoms with van der Waals surface area (Å²) in [4.78, 5) is 8.69. The number of rotatable bonds is 4. The van der Waals surface area contributed by atoms with Gasteiger partial charge in [-0.25, -0.2) is 9.97 Å². The van der Waals surface area contributed by atoms with Gasteiger partial charge in [0.1, 0.15) is 5.15 Å². The maximum absolute atomic E-state index is 11.5. The fourth-order valence-electron chi connectivity index (χ4n) is 3.44. The number of hydrogen-bond donors (Lipinski definition) is 2. The molecule has 2 aromatic rings. The summed E-state index contributed by atoms with van der Waals surface area (Å²) in [5.74, 6) is 0.399. The van der Waals surface area contributed by atoms with Crippen LogP contribution in [0.3, 0.4) is 0 Å². The zero-order valence-electron chi connectivity index (χ0n) is 14.1. The van der Waals surface area contributed by atoms with Crippen molar-refractivity contribution < 1.29 is 10.2 Å². The summed E-state index contributed by atoms with van der Waals surface area (Å²) in [6.45, 7) is 1.93. The van der Waals surface area contributed by atoms with Gasteiger partial charge in [0.05, 0.1) is 17.9 Å². The van der Waals surface area contributed by atoms with Crippen molar-refractivity contribution in [3.8, 4) is 0 Å². The van der Waals surface area contributed by atoms with Crippen LogP contribution in [0.15, 0.2) is 27.8 Å². The lowest BCUT2D eigenvalue weighted by Gasteiger charge is -2.37. The van der Waals surface area contributed by atoms with E-state index in [9.17, 15) is 10.2 Å². The molecule has 1 unspecified atom stereocenters. The van der Waals surface area contributed by atoms with Crippen molar-refractivity contribution in [2.75, 3.05) is 6.26 Å². The molecule has 1 aliphatic carbocycles. The Labute approximate surface area is 165 Å². The number of hydrogen-bond acceptors (Lipinski definition) is 5. The van der Waals surface area contributed by atoms with E-state index in [2.05, 4.69) is 38.9 Å². The molecule has 4 nitrogen and oxygen atoms in total. The van der Waals surface area contributed by atoms with Gasteiger partial charge in [-0.15, -0.1) is 0 Å². The number of benzene rings is 1. The number of aromatic nitrogens is 2. The highest BCUT2D eigenvalue weighted by atomic mass is 79.9. The monoisotopic (exact) mass is 442 g/mol. The molecular weight excluding hydrogens is 424 g/mol. The molecule has 25 heavy (non-hydrogen) atoms. The summed E-state index contributed by atoms with van der Waals surface area (Å²) in [6, 6.07) is 6.07. The molecule has 134 valence electrons. The molecule has 0 fully saturated rings. The fraction of sp³-hybridized carbons (Fsp3) is 0.444. The Bertz CT molecular complexity index is 805. The first kappa shape index (κ1) is 19.1. The predicted octanol–water partition coefficient (Wildman–Crippen LogP) is 4.43. The fourth-order valence-corrected chi connectivity index (χ4v) is 4.48. The van der Waals surface area contributed by atoms with Gasteiger partial charge in [0, 0.05) is 16.5 Å². The van der Waals surface area contributed by atoms with E-state index in [1.165, 1.54) is 11.8 Å². The summed E-state index contributed by atoms with van der Waals surface area (Å²) in [7, 11) is 0. The van der Waals surface area contributed by atoms with Crippen LogP contribution in [0, 0.1) is 0 Å². The molecule has 0 aliphatic heterocycles. The van der Waals surface area contributed by atoms with E-state index < -0.39 is 5.60 Å². The Kier molecular flexibility index (Phi) is 5.75. The number of thioether (sulfide) groups is 1. The summed E-state index contributed by atoms with van der Waals surface area (Å²) in [6.07, 6.45) is 3.71. The van der Waals surface area contributed by atoms with Crippen LogP contribution in [0.4, 0.5) is 0 Å². The second-order valence-corrected chi connectivity index (χ2v) is 8.51. The van der Waals surface area contributed by atoms with Crippen molar-refractivity contribution in [3.05, 3.63) is 50.2 Å². The molecule has 0 bridgehead atoms. The quantitative estimate of drug-likeness (QED) is 0.415. The number of aliphatic hydroxyl groups excluding tert-OH is 1. The van der Waals surface area contributed by atoms with Crippen LogP contribution >= 0.6 is 39.3 Å². The third kappa shape index (κ3) is 3.74. The molecule has 0 saturated carbocycles. The van der Waals surface area contributed by atoms with Gasteiger partial charge in [0.15, 0.2) is 5.16 Å². The van der Waals surface area contributed by atoms with E-state index in [0.717, 1.165) is 22.0 Å². The minimum Gasteiger partial charge on any atom is -0.391 e. The minimum atomic E-state index is -1.04. The second-order valence-electron chi connectivity index (χ2n) is 6.46. The maximum Gasteiger partial charge on any atom is 0.188 e. The number of nitrogens with zero attached hydrogens (tertiary/aromatic N) is 2. The molecule has 1 aromatic carbocycles. The van der Waals surface area contributed by atoms with Crippen LogP contribution < -0.4 is 0 Å². The van der Waals surface area contributed by atoms with E-state index in [4.69, 9.17) is 11.6 Å². The summed E-state index contributed by atoms with van der Waals surface area (Å²) < 4.78 is 0.937. The van der Waals surface area contributed by atoms with Gasteiger partial charge in [-0.1, -0.05) is 52.3 Å². The smallest absolute Gasteiger partial charge is 0.188 e. The van der Waals surface area contributed by atoms with Crippen molar-refractivity contribution in [1.82, 2.24) is 9.97 Å². The summed E-state index contributed by atoms with van der Waals surface area (Å²) >= 11 is 11.1. The molecule has 0 radical (unpaired) electrons. The summed E-state index contributed by atoms with van der Waals surface area (Å²) in [5, 5.41) is 22.0. The number of fused-ring (bicyclic) bond motifs is 1. The van der Waals surface area contributed by atoms with Crippen molar-refractivity contribution in [1.29, 1.82) is 0 Å². The van der Waals surface area contributed by atoms with E-state index >= 15 is 0 Å². The number of halogens is 2. The molecule has 1 heterocycles. The summed E-state index contributed by atoms with van der Waals surface area (Å²) in [5.41, 5.74) is 2.14. The van der Waals surface area contributed by atoms with Crippen molar-refractivity contribution >= 4 is 39.3 Å². The van der Waals surface area contributed by atoms with Gasteiger partial charge in [-0.05, 0) is 48.3 Å². The lowest BCUT2D eigenvalue weighted by Crippen LogP contribution is -2.35. The van der Waals surface area contributed by atoms with Gasteiger partial charge in [0.25, 0.3) is 0 Å². The van der Waals surface area contributed by atoms with Gasteiger partial charge in [0.2, 0.25) is 0 Å². The van der Waals surface area contributed by atoms with E-state index in [1.54, 1.807) is 0 Å². The molecule has 0 spiro atoms. The van der Waals surface area contributed by atoms with Crippen molar-refractivity contribution in [2.24, 2.45) is 0 Å². The SMILES string of the molecule is CSc1nc(Cl)c(CO)c(CC2(O)CC[C@H](C)c3ccc(Br)cc32)n1. The normalized spacial score (nSPS) is 22.7. The molecule has 1 aliphatic rings. The van der Waals surface area contributed by atoms with Gasteiger partial charge < -0.3 is 10.2 Å². The van der Waals surface area contributed by atoms with Crippen molar-refractivity contribution in [3.63, 3.8) is 0 Å². The van der Waals surface area contributed by atoms with Gasteiger partial charge >= 0.3 is 0 Å². The third-order valence-electron chi connectivity index (χ3n) is 4.86. The zero-order valence-corrected chi connectivity index (χ0v) is 17.2. The second kappa shape index (κ2) is 7.53. The molecular formula is C18H20BrClN2O2S. The van der Waals surface area contributed by atoms with Gasteiger partial charge in [-0.3, -0.25) is 0 Å². The molecule has 2 atom stereocenters. The highest BCUT2D eigenvalue weighted by Crippen LogP contribution is 2.44. The molecule has 7 heteroatoms. The van der Waals surface area contributed by atoms with E-state index in [0.29, 0.717) is 35.2 Å². The van der Waals surface area contributed by atoms with E-state index in [1.807, 2.05) is 18.4 Å². The van der Waals surface area contributed by atoms with Crippen LogP contribution in [0.2, 0.25) is 5.15 Å². The van der Waals surface area contributed by atoms with E-state index in [-0.39, 0.29) is 11.8 Å². The third-order valence-corrected chi connectivity index (χ3v) is 6.21. The lowest BCUT2D eigenvalue weighted by molar-refractivity contribution is 0.0143. The van der Waals surface area contributed by atoms with Gasteiger partial charge in [-0.2, -0.15) is 0 Å². The average Bonchev–Trinajstić information content (AvgIpc) is 2.58. The Hall–Kier alpha value is -0.660. The first-order chi connectivity index (χ1) is 11.9. The minimum absolute atomic E-state index is 0.249. The zero-order chi connectivity index (χ0) is 18.2. The molecule has 1 aromatic heterocycles.